The van der Waals surface area contributed by atoms with Gasteiger partial charge in [-0.15, -0.1) is 0 Å². The van der Waals surface area contributed by atoms with Crippen molar-refractivity contribution < 1.29 is 4.74 Å². The van der Waals surface area contributed by atoms with Crippen molar-refractivity contribution >= 4 is 0 Å². The second-order valence-electron chi connectivity index (χ2n) is 5.97. The molecule has 2 aromatic carbocycles. The van der Waals surface area contributed by atoms with Crippen molar-refractivity contribution in [3.05, 3.63) is 65.7 Å². The van der Waals surface area contributed by atoms with Gasteiger partial charge in [-0.3, -0.25) is 5.73 Å². The lowest BCUT2D eigenvalue weighted by molar-refractivity contribution is -0.0556. The van der Waals surface area contributed by atoms with Gasteiger partial charge in [0.15, 0.2) is 5.72 Å². The monoisotopic (exact) mass is 281 g/mol. The lowest BCUT2D eigenvalue weighted by atomic mass is 9.73. The molecule has 1 unspecified atom stereocenters. The number of ether oxygens (including phenoxy) is 1. The zero-order chi connectivity index (χ0) is 14.9. The van der Waals surface area contributed by atoms with Gasteiger partial charge >= 0.3 is 0 Å². The van der Waals surface area contributed by atoms with Gasteiger partial charge in [0.2, 0.25) is 0 Å². The van der Waals surface area contributed by atoms with Gasteiger partial charge in [0.05, 0.1) is 0 Å². The van der Waals surface area contributed by atoms with E-state index in [1.54, 1.807) is 0 Å². The maximum Gasteiger partial charge on any atom is 0.190 e. The average molecular weight is 281 g/mol. The standard InChI is InChI=1S/C19H23NO/c1-3-18(4-2)14-15-10-8-9-13-17(15)19(18,20)21-16-11-6-5-7-12-16/h5-13H,3-4,14,20H2,1-2H3. The molecule has 0 radical (unpaired) electrons. The van der Waals surface area contributed by atoms with E-state index >= 15 is 0 Å². The van der Waals surface area contributed by atoms with E-state index in [0.717, 1.165) is 30.6 Å². The Kier molecular flexibility index (Phi) is 3.50. The Balaban J connectivity index is 2.10. The Morgan fingerprint density at radius 1 is 0.952 bits per heavy atom. The van der Waals surface area contributed by atoms with Gasteiger partial charge in [0.25, 0.3) is 0 Å². The van der Waals surface area contributed by atoms with E-state index in [9.17, 15) is 0 Å². The molecule has 0 bridgehead atoms. The minimum atomic E-state index is -0.756. The smallest absolute Gasteiger partial charge is 0.190 e. The molecule has 2 N–H and O–H groups in total. The fourth-order valence-corrected chi connectivity index (χ4v) is 3.68. The normalized spacial score (nSPS) is 22.8. The van der Waals surface area contributed by atoms with Gasteiger partial charge in [-0.05, 0) is 37.0 Å². The molecule has 2 aromatic rings. The Labute approximate surface area is 126 Å². The summed E-state index contributed by atoms with van der Waals surface area (Å²) < 4.78 is 6.36. The number of para-hydroxylation sites is 1. The number of hydrogen-bond donors (Lipinski definition) is 1. The lowest BCUT2D eigenvalue weighted by Crippen LogP contribution is -2.54. The van der Waals surface area contributed by atoms with Crippen LogP contribution in [-0.4, -0.2) is 0 Å². The predicted octanol–water partition coefficient (Wildman–Crippen LogP) is 4.24. The maximum atomic E-state index is 6.88. The maximum absolute atomic E-state index is 6.88. The highest BCUT2D eigenvalue weighted by molar-refractivity contribution is 5.42. The molecular weight excluding hydrogens is 258 g/mol. The minimum absolute atomic E-state index is 0.0491. The van der Waals surface area contributed by atoms with Crippen LogP contribution in [0.1, 0.15) is 37.8 Å². The number of hydrogen-bond acceptors (Lipinski definition) is 2. The molecule has 0 amide bonds. The summed E-state index contributed by atoms with van der Waals surface area (Å²) in [5.74, 6) is 0.836. The summed E-state index contributed by atoms with van der Waals surface area (Å²) in [6.45, 7) is 4.43. The van der Waals surface area contributed by atoms with Crippen LogP contribution >= 0.6 is 0 Å². The van der Waals surface area contributed by atoms with E-state index in [-0.39, 0.29) is 5.41 Å². The van der Waals surface area contributed by atoms with E-state index in [1.165, 1.54) is 5.56 Å². The predicted molar refractivity (Wildman–Crippen MR) is 86.1 cm³/mol. The zero-order valence-electron chi connectivity index (χ0n) is 12.8. The average Bonchev–Trinajstić information content (AvgIpc) is 2.78. The zero-order valence-corrected chi connectivity index (χ0v) is 12.8. The molecule has 2 nitrogen and oxygen atoms in total. The minimum Gasteiger partial charge on any atom is -0.468 e. The summed E-state index contributed by atoms with van der Waals surface area (Å²) >= 11 is 0. The van der Waals surface area contributed by atoms with Gasteiger partial charge in [-0.25, -0.2) is 0 Å². The van der Waals surface area contributed by atoms with Crippen LogP contribution in [0.4, 0.5) is 0 Å². The molecule has 0 spiro atoms. The lowest BCUT2D eigenvalue weighted by Gasteiger charge is -2.43. The summed E-state index contributed by atoms with van der Waals surface area (Å²) in [5.41, 5.74) is 8.53. The first-order valence-electron chi connectivity index (χ1n) is 7.76. The van der Waals surface area contributed by atoms with Crippen LogP contribution in [0.5, 0.6) is 5.75 Å². The SMILES string of the molecule is CCC1(CC)Cc2ccccc2C1(N)Oc1ccccc1. The molecule has 0 fully saturated rings. The molecule has 0 aromatic heterocycles. The van der Waals surface area contributed by atoms with Gasteiger partial charge in [-0.1, -0.05) is 56.3 Å². The van der Waals surface area contributed by atoms with Gasteiger partial charge in [-0.2, -0.15) is 0 Å². The number of rotatable bonds is 4. The third kappa shape index (κ3) is 2.06. The van der Waals surface area contributed by atoms with E-state index in [4.69, 9.17) is 10.5 Å². The quantitative estimate of drug-likeness (QED) is 0.851. The molecule has 0 saturated heterocycles. The fraction of sp³-hybridized carbons (Fsp3) is 0.368. The fourth-order valence-electron chi connectivity index (χ4n) is 3.68. The molecule has 0 aliphatic heterocycles. The Bertz CT molecular complexity index is 618. The van der Waals surface area contributed by atoms with Gasteiger partial charge in [0, 0.05) is 11.0 Å². The van der Waals surface area contributed by atoms with Crippen molar-refractivity contribution in [2.24, 2.45) is 11.1 Å². The van der Waals surface area contributed by atoms with Crippen LogP contribution in [0.3, 0.4) is 0 Å². The van der Waals surface area contributed by atoms with Crippen LogP contribution in [0.2, 0.25) is 0 Å². The van der Waals surface area contributed by atoms with Crippen molar-refractivity contribution in [3.8, 4) is 5.75 Å². The van der Waals surface area contributed by atoms with Crippen LogP contribution in [0.25, 0.3) is 0 Å². The number of fused-ring (bicyclic) bond motifs is 1. The van der Waals surface area contributed by atoms with Crippen LogP contribution < -0.4 is 10.5 Å². The van der Waals surface area contributed by atoms with Crippen molar-refractivity contribution in [3.63, 3.8) is 0 Å². The summed E-state index contributed by atoms with van der Waals surface area (Å²) in [6.07, 6.45) is 2.99. The Morgan fingerprint density at radius 2 is 1.57 bits per heavy atom. The van der Waals surface area contributed by atoms with Gasteiger partial charge < -0.3 is 4.74 Å². The first-order valence-corrected chi connectivity index (χ1v) is 7.76. The van der Waals surface area contributed by atoms with Gasteiger partial charge in [0.1, 0.15) is 5.75 Å². The molecule has 0 heterocycles. The summed E-state index contributed by atoms with van der Waals surface area (Å²) in [5, 5.41) is 0. The Hall–Kier alpha value is -1.80. The molecule has 1 aliphatic rings. The molecule has 2 heteroatoms. The van der Waals surface area contributed by atoms with Crippen molar-refractivity contribution in [1.29, 1.82) is 0 Å². The second kappa shape index (κ2) is 5.19. The summed E-state index contributed by atoms with van der Waals surface area (Å²) in [7, 11) is 0. The van der Waals surface area contributed by atoms with Crippen LogP contribution in [0, 0.1) is 5.41 Å². The summed E-state index contributed by atoms with van der Waals surface area (Å²) in [6, 6.07) is 18.4. The van der Waals surface area contributed by atoms with E-state index < -0.39 is 5.72 Å². The first-order chi connectivity index (χ1) is 10.1. The highest BCUT2D eigenvalue weighted by Gasteiger charge is 2.55. The third-order valence-electron chi connectivity index (χ3n) is 5.11. The second-order valence-corrected chi connectivity index (χ2v) is 5.97. The highest BCUT2D eigenvalue weighted by Crippen LogP contribution is 2.53. The molecule has 1 aliphatic carbocycles. The largest absolute Gasteiger partial charge is 0.468 e. The Morgan fingerprint density at radius 3 is 2.24 bits per heavy atom. The van der Waals surface area contributed by atoms with Crippen molar-refractivity contribution in [2.45, 2.75) is 38.8 Å². The third-order valence-corrected chi connectivity index (χ3v) is 5.11. The number of benzene rings is 2. The summed E-state index contributed by atoms with van der Waals surface area (Å²) in [4.78, 5) is 0. The van der Waals surface area contributed by atoms with Crippen molar-refractivity contribution in [1.82, 2.24) is 0 Å². The first kappa shape index (κ1) is 14.2. The molecule has 1 atom stereocenters. The molecular formula is C19H23NO. The van der Waals surface area contributed by atoms with Crippen LogP contribution in [0.15, 0.2) is 54.6 Å². The molecule has 0 saturated carbocycles. The van der Waals surface area contributed by atoms with E-state index in [2.05, 4.69) is 38.1 Å². The molecule has 21 heavy (non-hydrogen) atoms. The molecule has 3 rings (SSSR count). The van der Waals surface area contributed by atoms with Crippen LogP contribution in [-0.2, 0) is 12.1 Å². The van der Waals surface area contributed by atoms with Crippen molar-refractivity contribution in [2.75, 3.05) is 0 Å². The number of nitrogens with two attached hydrogens (primary N) is 1. The topological polar surface area (TPSA) is 35.2 Å². The van der Waals surface area contributed by atoms with E-state index in [0.29, 0.717) is 0 Å². The van der Waals surface area contributed by atoms with E-state index in [1.807, 2.05) is 30.3 Å². The molecule has 110 valence electrons. The highest BCUT2D eigenvalue weighted by atomic mass is 16.5.